The van der Waals surface area contributed by atoms with Crippen molar-refractivity contribution in [2.24, 2.45) is 0 Å². The molecule has 1 N–H and O–H groups in total. The first-order valence-corrected chi connectivity index (χ1v) is 9.23. The third kappa shape index (κ3) is 6.65. The summed E-state index contributed by atoms with van der Waals surface area (Å²) in [6.07, 6.45) is 13.5. The van der Waals surface area contributed by atoms with Gasteiger partial charge in [-0.2, -0.15) is 5.26 Å². The van der Waals surface area contributed by atoms with Crippen LogP contribution in [0.3, 0.4) is 0 Å². The number of rotatable bonds is 3. The summed E-state index contributed by atoms with van der Waals surface area (Å²) in [4.78, 5) is 23.6. The first kappa shape index (κ1) is 23.0. The summed E-state index contributed by atoms with van der Waals surface area (Å²) in [6, 6.07) is 9.32. The Bertz CT molecular complexity index is 998. The van der Waals surface area contributed by atoms with Crippen LogP contribution >= 0.6 is 11.6 Å². The number of nitrogens with one attached hydrogen (secondary N) is 1. The number of hydrogen-bond acceptors (Lipinski definition) is 6. The molecule has 3 aromatic rings. The van der Waals surface area contributed by atoms with E-state index in [4.69, 9.17) is 16.9 Å². The van der Waals surface area contributed by atoms with E-state index < -0.39 is 0 Å². The van der Waals surface area contributed by atoms with Crippen LogP contribution in [0.5, 0.6) is 0 Å². The minimum absolute atomic E-state index is 0. The average Bonchev–Trinajstić information content (AvgIpc) is 3.23. The van der Waals surface area contributed by atoms with Crippen molar-refractivity contribution < 1.29 is 29.6 Å². The van der Waals surface area contributed by atoms with E-state index in [9.17, 15) is 4.79 Å². The van der Waals surface area contributed by atoms with Crippen LogP contribution in [-0.4, -0.2) is 25.6 Å². The molecule has 0 aliphatic heterocycles. The Kier molecular flexibility index (Phi) is 9.29. The summed E-state index contributed by atoms with van der Waals surface area (Å²) in [5.74, 6) is 0.829. The molecular weight excluding hydrogens is 399 g/mol. The Morgan fingerprint density at radius 3 is 2.55 bits per heavy atom. The van der Waals surface area contributed by atoms with Crippen molar-refractivity contribution in [3.8, 4) is 11.8 Å². The maximum Gasteiger partial charge on any atom is 1.00 e. The molecule has 1 aliphatic carbocycles. The quantitative estimate of drug-likeness (QED) is 0.490. The molecule has 1 aliphatic rings. The molecule has 0 spiro atoms. The molecule has 0 aromatic carbocycles. The fourth-order valence-corrected chi connectivity index (χ4v) is 3.02. The molecule has 0 bridgehead atoms. The first-order valence-electron chi connectivity index (χ1n) is 8.85. The largest absolute Gasteiger partial charge is 1.00 e. The van der Waals surface area contributed by atoms with Gasteiger partial charge in [-0.1, -0.05) is 30.6 Å². The Morgan fingerprint density at radius 1 is 1.21 bits per heavy atom. The molecule has 9 heteroatoms. The average molecular weight is 417 g/mol. The van der Waals surface area contributed by atoms with Gasteiger partial charge in [0, 0.05) is 12.2 Å². The molecule has 4 rings (SSSR count). The van der Waals surface area contributed by atoms with Crippen LogP contribution in [-0.2, 0) is 0 Å². The van der Waals surface area contributed by atoms with Crippen LogP contribution in [0, 0.1) is 17.5 Å². The van der Waals surface area contributed by atoms with E-state index in [2.05, 4.69) is 26.5 Å². The second kappa shape index (κ2) is 11.7. The number of anilines is 1. The summed E-state index contributed by atoms with van der Waals surface area (Å²) in [7, 11) is 0. The Morgan fingerprint density at radius 2 is 2.00 bits per heavy atom. The maximum absolute atomic E-state index is 12.1. The second-order valence-electron chi connectivity index (χ2n) is 6.20. The molecule has 0 radical (unpaired) electrons. The zero-order chi connectivity index (χ0) is 19.8. The predicted molar refractivity (Wildman–Crippen MR) is 106 cm³/mol. The van der Waals surface area contributed by atoms with E-state index in [1.54, 1.807) is 18.5 Å². The van der Waals surface area contributed by atoms with Crippen molar-refractivity contribution in [2.75, 3.05) is 5.32 Å². The van der Waals surface area contributed by atoms with E-state index in [1.807, 2.05) is 18.2 Å². The molecule has 1 saturated carbocycles. The molecule has 0 saturated heterocycles. The van der Waals surface area contributed by atoms with Crippen LogP contribution in [0.2, 0.25) is 5.15 Å². The van der Waals surface area contributed by atoms with Gasteiger partial charge in [0.2, 0.25) is 0 Å². The summed E-state index contributed by atoms with van der Waals surface area (Å²) in [5.41, 5.74) is 0.470. The number of aromatic nitrogens is 4. The van der Waals surface area contributed by atoms with Crippen molar-refractivity contribution in [1.82, 2.24) is 19.5 Å². The fourth-order valence-electron chi connectivity index (χ4n) is 2.92. The van der Waals surface area contributed by atoms with Gasteiger partial charge in [0.1, 0.15) is 17.5 Å². The number of halogens is 1. The smallest absolute Gasteiger partial charge is 0.455 e. The molecule has 29 heavy (non-hydrogen) atoms. The van der Waals surface area contributed by atoms with Crippen molar-refractivity contribution in [3.63, 3.8) is 0 Å². The molecule has 1 fully saturated rings. The van der Waals surface area contributed by atoms with Gasteiger partial charge >= 0.3 is 29.6 Å². The summed E-state index contributed by atoms with van der Waals surface area (Å²) in [5, 5.41) is 12.7. The molecule has 0 unspecified atom stereocenters. The van der Waals surface area contributed by atoms with Crippen molar-refractivity contribution in [1.29, 1.82) is 5.26 Å². The van der Waals surface area contributed by atoms with Crippen LogP contribution in [0.15, 0.2) is 53.8 Å². The number of hydrogen-bond donors (Lipinski definition) is 1. The number of pyridine rings is 2. The molecule has 3 aromatic heterocycles. The van der Waals surface area contributed by atoms with Crippen LogP contribution in [0.4, 0.5) is 5.82 Å². The van der Waals surface area contributed by atoms with E-state index >= 15 is 0 Å². The Balaban J connectivity index is 0.000000319. The van der Waals surface area contributed by atoms with E-state index in [0.29, 0.717) is 16.9 Å². The van der Waals surface area contributed by atoms with Crippen LogP contribution in [0.25, 0.3) is 5.69 Å². The third-order valence-corrected chi connectivity index (χ3v) is 4.49. The van der Waals surface area contributed by atoms with Gasteiger partial charge in [0.15, 0.2) is 0 Å². The van der Waals surface area contributed by atoms with E-state index in [-0.39, 0.29) is 40.7 Å². The normalized spacial score (nSPS) is 12.8. The van der Waals surface area contributed by atoms with Crippen molar-refractivity contribution >= 4 is 17.4 Å². The minimum atomic E-state index is -0.321. The SMILES string of the molecule is Clc1cn[c-]cn1.N#Cc1cccn(-c2ccc(NC3CCCC3)nc2)c1=O.[Na+]. The van der Waals surface area contributed by atoms with E-state index in [1.165, 1.54) is 48.7 Å². The van der Waals surface area contributed by atoms with Gasteiger partial charge < -0.3 is 10.3 Å². The molecule has 3 heterocycles. The van der Waals surface area contributed by atoms with Gasteiger partial charge in [0.25, 0.3) is 5.56 Å². The predicted octanol–water partition coefficient (Wildman–Crippen LogP) is 0.393. The Hall–Kier alpha value is -2.24. The van der Waals surface area contributed by atoms with Crippen LogP contribution in [0.1, 0.15) is 31.2 Å². The summed E-state index contributed by atoms with van der Waals surface area (Å²) in [6.45, 7) is 0. The topological polar surface area (TPSA) is 96.5 Å². The maximum atomic E-state index is 12.1. The minimum Gasteiger partial charge on any atom is -0.455 e. The van der Waals surface area contributed by atoms with Gasteiger partial charge in [-0.15, -0.1) is 6.20 Å². The van der Waals surface area contributed by atoms with Gasteiger partial charge in [-0.25, -0.2) is 4.98 Å². The van der Waals surface area contributed by atoms with Crippen molar-refractivity contribution in [3.05, 3.63) is 76.3 Å². The van der Waals surface area contributed by atoms with Crippen LogP contribution < -0.4 is 40.4 Å². The first-order chi connectivity index (χ1) is 13.7. The molecule has 0 atom stereocenters. The standard InChI is InChI=1S/C16H16N4O.C4H2ClN2.Na/c17-10-12-4-3-9-20(16(12)21)14-7-8-15(18-11-14)19-13-5-1-2-6-13;5-4-3-6-1-2-7-4;/h3-4,7-9,11,13H,1-2,5-6H2,(H,18,19);2-3H;/q;-1;+1. The molecule has 7 nitrogen and oxygen atoms in total. The monoisotopic (exact) mass is 416 g/mol. The van der Waals surface area contributed by atoms with Crippen molar-refractivity contribution in [2.45, 2.75) is 31.7 Å². The molecular formula is C20H18ClN6NaO. The fraction of sp³-hybridized carbons (Fsp3) is 0.250. The third-order valence-electron chi connectivity index (χ3n) is 4.29. The Labute approximate surface area is 196 Å². The summed E-state index contributed by atoms with van der Waals surface area (Å²) >= 11 is 5.35. The number of nitriles is 1. The number of nitrogens with zero attached hydrogens (tertiary/aromatic N) is 5. The molecule has 0 amide bonds. The van der Waals surface area contributed by atoms with Gasteiger partial charge in [-0.05, 0) is 43.3 Å². The zero-order valence-electron chi connectivity index (χ0n) is 16.0. The zero-order valence-corrected chi connectivity index (χ0v) is 18.8. The molecule has 142 valence electrons. The van der Waals surface area contributed by atoms with E-state index in [0.717, 1.165) is 5.82 Å². The summed E-state index contributed by atoms with van der Waals surface area (Å²) < 4.78 is 1.44. The van der Waals surface area contributed by atoms with Gasteiger partial charge in [-0.3, -0.25) is 14.3 Å². The second-order valence-corrected chi connectivity index (χ2v) is 6.59. The van der Waals surface area contributed by atoms with Gasteiger partial charge in [0.05, 0.1) is 17.0 Å².